The molecule has 1 aromatic carbocycles. The summed E-state index contributed by atoms with van der Waals surface area (Å²) in [6, 6.07) is 8.70. The Labute approximate surface area is 103 Å². The van der Waals surface area contributed by atoms with Crippen molar-refractivity contribution in [3.8, 4) is 5.75 Å². The van der Waals surface area contributed by atoms with Crippen LogP contribution in [0.25, 0.3) is 0 Å². The Balaban J connectivity index is 1.91. The van der Waals surface area contributed by atoms with Crippen molar-refractivity contribution in [1.29, 1.82) is 0 Å². The maximum absolute atomic E-state index is 9.54. The van der Waals surface area contributed by atoms with Gasteiger partial charge in [0, 0.05) is 12.6 Å². The summed E-state index contributed by atoms with van der Waals surface area (Å²) in [6.07, 6.45) is 2.86. The van der Waals surface area contributed by atoms with Crippen LogP contribution in [0.3, 0.4) is 0 Å². The Hall–Kier alpha value is -1.06. The zero-order valence-corrected chi connectivity index (χ0v) is 10.6. The summed E-state index contributed by atoms with van der Waals surface area (Å²) >= 11 is 0. The van der Waals surface area contributed by atoms with Gasteiger partial charge in [-0.1, -0.05) is 12.1 Å². The number of benzene rings is 1. The first-order chi connectivity index (χ1) is 8.19. The van der Waals surface area contributed by atoms with Gasteiger partial charge in [-0.15, -0.1) is 0 Å². The smallest absolute Gasteiger partial charge is 0.118 e. The SMILES string of the molecule is COc1ccc(CN(C)C2CCC(O)C2)cc1. The van der Waals surface area contributed by atoms with E-state index in [-0.39, 0.29) is 6.10 Å². The first-order valence-electron chi connectivity index (χ1n) is 6.20. The zero-order chi connectivity index (χ0) is 12.3. The molecule has 1 N–H and O–H groups in total. The van der Waals surface area contributed by atoms with Crippen LogP contribution < -0.4 is 4.74 Å². The highest BCUT2D eigenvalue weighted by atomic mass is 16.5. The van der Waals surface area contributed by atoms with Crippen LogP contribution in [0.5, 0.6) is 5.75 Å². The topological polar surface area (TPSA) is 32.7 Å². The Kier molecular flexibility index (Phi) is 4.02. The summed E-state index contributed by atoms with van der Waals surface area (Å²) < 4.78 is 5.14. The predicted molar refractivity (Wildman–Crippen MR) is 68.1 cm³/mol. The quantitative estimate of drug-likeness (QED) is 0.867. The summed E-state index contributed by atoms with van der Waals surface area (Å²) in [6.45, 7) is 0.932. The third-order valence-electron chi connectivity index (χ3n) is 3.59. The van der Waals surface area contributed by atoms with Crippen molar-refractivity contribution in [2.45, 2.75) is 38.0 Å². The first-order valence-corrected chi connectivity index (χ1v) is 6.20. The molecular weight excluding hydrogens is 214 g/mol. The maximum atomic E-state index is 9.54. The summed E-state index contributed by atoms with van der Waals surface area (Å²) in [4.78, 5) is 2.33. The second kappa shape index (κ2) is 5.52. The Morgan fingerprint density at radius 2 is 2.00 bits per heavy atom. The molecule has 17 heavy (non-hydrogen) atoms. The van der Waals surface area contributed by atoms with E-state index in [0.717, 1.165) is 31.6 Å². The molecule has 0 aliphatic heterocycles. The monoisotopic (exact) mass is 235 g/mol. The molecule has 1 aliphatic rings. The molecule has 1 aliphatic carbocycles. The molecule has 94 valence electrons. The molecule has 0 spiro atoms. The lowest BCUT2D eigenvalue weighted by molar-refractivity contribution is 0.161. The van der Waals surface area contributed by atoms with Crippen LogP contribution in [0.4, 0.5) is 0 Å². The number of nitrogens with zero attached hydrogens (tertiary/aromatic N) is 1. The molecule has 2 unspecified atom stereocenters. The van der Waals surface area contributed by atoms with Crippen molar-refractivity contribution in [3.05, 3.63) is 29.8 Å². The van der Waals surface area contributed by atoms with E-state index in [0.29, 0.717) is 6.04 Å². The van der Waals surface area contributed by atoms with Crippen LogP contribution in [-0.4, -0.2) is 36.3 Å². The lowest BCUT2D eigenvalue weighted by Gasteiger charge is -2.24. The fourth-order valence-corrected chi connectivity index (χ4v) is 2.48. The van der Waals surface area contributed by atoms with E-state index in [1.165, 1.54) is 5.56 Å². The molecule has 1 aromatic rings. The predicted octanol–water partition coefficient (Wildman–Crippen LogP) is 2.04. The average Bonchev–Trinajstić information content (AvgIpc) is 2.77. The van der Waals surface area contributed by atoms with E-state index in [1.807, 2.05) is 12.1 Å². The number of hydrogen-bond acceptors (Lipinski definition) is 3. The molecule has 2 atom stereocenters. The Morgan fingerprint density at radius 3 is 2.53 bits per heavy atom. The normalized spacial score (nSPS) is 24.2. The van der Waals surface area contributed by atoms with E-state index in [1.54, 1.807) is 7.11 Å². The minimum atomic E-state index is -0.0988. The number of rotatable bonds is 4. The van der Waals surface area contributed by atoms with Gasteiger partial charge in [0.25, 0.3) is 0 Å². The number of hydrogen-bond donors (Lipinski definition) is 1. The molecular formula is C14H21NO2. The van der Waals surface area contributed by atoms with Gasteiger partial charge in [-0.3, -0.25) is 4.90 Å². The van der Waals surface area contributed by atoms with Gasteiger partial charge in [0.1, 0.15) is 5.75 Å². The third kappa shape index (κ3) is 3.20. The van der Waals surface area contributed by atoms with Crippen LogP contribution in [0.1, 0.15) is 24.8 Å². The van der Waals surface area contributed by atoms with Crippen molar-refractivity contribution in [1.82, 2.24) is 4.90 Å². The van der Waals surface area contributed by atoms with E-state index in [9.17, 15) is 5.11 Å². The van der Waals surface area contributed by atoms with Crippen LogP contribution in [0.2, 0.25) is 0 Å². The van der Waals surface area contributed by atoms with Gasteiger partial charge >= 0.3 is 0 Å². The molecule has 3 nitrogen and oxygen atoms in total. The molecule has 2 rings (SSSR count). The van der Waals surface area contributed by atoms with Gasteiger partial charge in [-0.25, -0.2) is 0 Å². The van der Waals surface area contributed by atoms with Gasteiger partial charge in [-0.2, -0.15) is 0 Å². The molecule has 0 saturated heterocycles. The van der Waals surface area contributed by atoms with Crippen LogP contribution in [0, 0.1) is 0 Å². The number of aliphatic hydroxyl groups is 1. The van der Waals surface area contributed by atoms with E-state index < -0.39 is 0 Å². The molecule has 0 bridgehead atoms. The van der Waals surface area contributed by atoms with Gasteiger partial charge in [0.15, 0.2) is 0 Å². The fourth-order valence-electron chi connectivity index (χ4n) is 2.48. The third-order valence-corrected chi connectivity index (χ3v) is 3.59. The number of ether oxygens (including phenoxy) is 1. The summed E-state index contributed by atoms with van der Waals surface area (Å²) in [5, 5.41) is 9.54. The summed E-state index contributed by atoms with van der Waals surface area (Å²) in [5.74, 6) is 0.896. The van der Waals surface area contributed by atoms with E-state index in [2.05, 4.69) is 24.1 Å². The second-order valence-electron chi connectivity index (χ2n) is 4.88. The van der Waals surface area contributed by atoms with Crippen molar-refractivity contribution in [2.75, 3.05) is 14.2 Å². The Morgan fingerprint density at radius 1 is 1.29 bits per heavy atom. The highest BCUT2D eigenvalue weighted by Gasteiger charge is 2.25. The molecule has 0 aromatic heterocycles. The molecule has 3 heteroatoms. The largest absolute Gasteiger partial charge is 0.497 e. The standard InChI is InChI=1S/C14H21NO2/c1-15(12-5-6-13(16)9-12)10-11-3-7-14(17-2)8-4-11/h3-4,7-8,12-13,16H,5-6,9-10H2,1-2H3. The van der Waals surface area contributed by atoms with Crippen LogP contribution in [-0.2, 0) is 6.54 Å². The Bertz CT molecular complexity index is 350. The summed E-state index contributed by atoms with van der Waals surface area (Å²) in [7, 11) is 3.81. The zero-order valence-electron chi connectivity index (χ0n) is 10.6. The van der Waals surface area contributed by atoms with Crippen molar-refractivity contribution in [3.63, 3.8) is 0 Å². The molecule has 0 heterocycles. The van der Waals surface area contributed by atoms with Crippen LogP contribution in [0.15, 0.2) is 24.3 Å². The van der Waals surface area contributed by atoms with Crippen molar-refractivity contribution >= 4 is 0 Å². The lowest BCUT2D eigenvalue weighted by Crippen LogP contribution is -2.29. The molecule has 0 amide bonds. The van der Waals surface area contributed by atoms with Gasteiger partial charge in [-0.05, 0) is 44.0 Å². The fraction of sp³-hybridized carbons (Fsp3) is 0.571. The molecule has 1 saturated carbocycles. The van der Waals surface area contributed by atoms with Gasteiger partial charge < -0.3 is 9.84 Å². The van der Waals surface area contributed by atoms with E-state index >= 15 is 0 Å². The highest BCUT2D eigenvalue weighted by molar-refractivity contribution is 5.27. The first kappa shape index (κ1) is 12.4. The average molecular weight is 235 g/mol. The highest BCUT2D eigenvalue weighted by Crippen LogP contribution is 2.24. The maximum Gasteiger partial charge on any atom is 0.118 e. The minimum Gasteiger partial charge on any atom is -0.497 e. The van der Waals surface area contributed by atoms with Crippen molar-refractivity contribution in [2.24, 2.45) is 0 Å². The molecule has 1 fully saturated rings. The van der Waals surface area contributed by atoms with Gasteiger partial charge in [0.05, 0.1) is 13.2 Å². The summed E-state index contributed by atoms with van der Waals surface area (Å²) in [5.41, 5.74) is 1.29. The van der Waals surface area contributed by atoms with E-state index in [4.69, 9.17) is 4.74 Å². The van der Waals surface area contributed by atoms with Crippen molar-refractivity contribution < 1.29 is 9.84 Å². The number of aliphatic hydroxyl groups excluding tert-OH is 1. The number of methoxy groups -OCH3 is 1. The van der Waals surface area contributed by atoms with Gasteiger partial charge in [0.2, 0.25) is 0 Å². The second-order valence-corrected chi connectivity index (χ2v) is 4.88. The minimum absolute atomic E-state index is 0.0988. The lowest BCUT2D eigenvalue weighted by atomic mass is 10.1. The van der Waals surface area contributed by atoms with Crippen LogP contribution >= 0.6 is 0 Å². The molecule has 0 radical (unpaired) electrons.